The number of carbonyl (C=O) groups is 2. The zero-order valence-corrected chi connectivity index (χ0v) is 20.4. The molecule has 3 amide bonds. The highest BCUT2D eigenvalue weighted by Crippen LogP contribution is 2.37. The summed E-state index contributed by atoms with van der Waals surface area (Å²) >= 11 is 0. The number of urea groups is 1. The van der Waals surface area contributed by atoms with Crippen molar-refractivity contribution < 1.29 is 9.59 Å². The number of anilines is 1. The number of fused-ring (bicyclic) bond motifs is 1. The van der Waals surface area contributed by atoms with Gasteiger partial charge >= 0.3 is 6.03 Å². The van der Waals surface area contributed by atoms with E-state index in [0.717, 1.165) is 44.7 Å². The fraction of sp³-hybridized carbons (Fsp3) is 0.519. The molecule has 3 aliphatic heterocycles. The number of likely N-dealkylation sites (N-methyl/N-ethyl adjacent to an activating group) is 1. The van der Waals surface area contributed by atoms with Gasteiger partial charge in [-0.2, -0.15) is 0 Å². The van der Waals surface area contributed by atoms with Gasteiger partial charge in [-0.05, 0) is 60.9 Å². The largest absolute Gasteiger partial charge is 0.371 e. The molecule has 1 spiro atoms. The summed E-state index contributed by atoms with van der Waals surface area (Å²) < 4.78 is 0. The molecular weight excluding hydrogens is 426 g/mol. The summed E-state index contributed by atoms with van der Waals surface area (Å²) in [4.78, 5) is 38.6. The van der Waals surface area contributed by atoms with E-state index in [1.54, 1.807) is 24.3 Å². The number of aryl methyl sites for hydroxylation is 1. The van der Waals surface area contributed by atoms with Crippen LogP contribution in [0.1, 0.15) is 49.3 Å². The summed E-state index contributed by atoms with van der Waals surface area (Å²) in [5.74, 6) is -0.0618. The summed E-state index contributed by atoms with van der Waals surface area (Å²) in [7, 11) is 1.78. The summed E-state index contributed by atoms with van der Waals surface area (Å²) in [6.07, 6.45) is 8.31. The number of hydrogen-bond donors (Lipinski definition) is 0. The highest BCUT2D eigenvalue weighted by molar-refractivity contribution is 6.06. The molecule has 7 heteroatoms. The molecule has 2 aromatic rings. The minimum atomic E-state index is -0.716. The molecule has 2 fully saturated rings. The minimum Gasteiger partial charge on any atom is -0.371 e. The number of piperidine rings is 1. The number of amides is 3. The van der Waals surface area contributed by atoms with Crippen LogP contribution in [0, 0.1) is 0 Å². The Balaban J connectivity index is 1.24. The van der Waals surface area contributed by atoms with E-state index in [0.29, 0.717) is 12.8 Å². The van der Waals surface area contributed by atoms with Crippen LogP contribution in [0.4, 0.5) is 10.5 Å². The van der Waals surface area contributed by atoms with Gasteiger partial charge in [-0.1, -0.05) is 25.1 Å². The first kappa shape index (κ1) is 22.8. The normalized spacial score (nSPS) is 20.4. The zero-order chi connectivity index (χ0) is 23.7. The lowest BCUT2D eigenvalue weighted by Gasteiger charge is -2.41. The highest BCUT2D eigenvalue weighted by atomic mass is 16.2. The van der Waals surface area contributed by atoms with Crippen LogP contribution in [0.3, 0.4) is 0 Å². The Kier molecular flexibility index (Phi) is 6.30. The van der Waals surface area contributed by atoms with Gasteiger partial charge in [0, 0.05) is 57.9 Å². The van der Waals surface area contributed by atoms with Crippen molar-refractivity contribution in [3.63, 3.8) is 0 Å². The number of carbonyl (C=O) groups excluding carboxylic acids is 2. The van der Waals surface area contributed by atoms with Gasteiger partial charge in [-0.15, -0.1) is 0 Å². The third-order valence-corrected chi connectivity index (χ3v) is 7.81. The molecule has 0 atom stereocenters. The van der Waals surface area contributed by atoms with E-state index >= 15 is 0 Å². The van der Waals surface area contributed by atoms with Gasteiger partial charge in [0.25, 0.3) is 5.91 Å². The number of rotatable bonds is 6. The molecule has 0 aliphatic carbocycles. The topological polar surface area (TPSA) is 60.0 Å². The summed E-state index contributed by atoms with van der Waals surface area (Å²) in [6, 6.07) is 10.5. The average molecular weight is 462 g/mol. The molecule has 0 radical (unpaired) electrons. The first-order chi connectivity index (χ1) is 16.5. The number of pyridine rings is 1. The van der Waals surface area contributed by atoms with E-state index in [4.69, 9.17) is 0 Å². The van der Waals surface area contributed by atoms with Gasteiger partial charge in [0.05, 0.1) is 6.54 Å². The number of aromatic nitrogens is 1. The number of nitrogens with zero attached hydrogens (tertiary/aromatic N) is 5. The monoisotopic (exact) mass is 461 g/mol. The lowest BCUT2D eigenvalue weighted by molar-refractivity contribution is -0.135. The van der Waals surface area contributed by atoms with Gasteiger partial charge in [0.2, 0.25) is 0 Å². The highest BCUT2D eigenvalue weighted by Gasteiger charge is 2.56. The molecule has 34 heavy (non-hydrogen) atoms. The van der Waals surface area contributed by atoms with Gasteiger partial charge < -0.3 is 9.80 Å². The van der Waals surface area contributed by atoms with Crippen LogP contribution in [-0.4, -0.2) is 70.4 Å². The van der Waals surface area contributed by atoms with Crippen molar-refractivity contribution in [2.45, 2.75) is 57.7 Å². The molecule has 0 N–H and O–H groups in total. The predicted molar refractivity (Wildman–Crippen MR) is 132 cm³/mol. The molecule has 4 heterocycles. The molecule has 180 valence electrons. The first-order valence-electron chi connectivity index (χ1n) is 12.6. The van der Waals surface area contributed by atoms with E-state index in [1.165, 1.54) is 34.6 Å². The Morgan fingerprint density at radius 1 is 1.03 bits per heavy atom. The number of hydrogen-bond acceptors (Lipinski definition) is 5. The molecule has 3 aliphatic rings. The lowest BCUT2D eigenvalue weighted by atomic mass is 9.86. The maximum absolute atomic E-state index is 13.4. The van der Waals surface area contributed by atoms with Gasteiger partial charge in [0.15, 0.2) is 0 Å². The van der Waals surface area contributed by atoms with Crippen molar-refractivity contribution in [3.8, 4) is 0 Å². The second-order valence-electron chi connectivity index (χ2n) is 9.96. The standard InChI is InChI=1S/C27H35N5O2/c1-3-13-31-14-5-7-23-17-21(8-9-24(23)31)19-30-15-10-27(11-16-30)25(33)32(26(34)29(27)2)20-22-6-4-12-28-18-22/h4,6,8-9,12,17-18H,3,5,7,10-11,13-16,19-20H2,1-2H3. The van der Waals surface area contributed by atoms with Crippen molar-refractivity contribution in [1.29, 1.82) is 0 Å². The van der Waals surface area contributed by atoms with E-state index in [9.17, 15) is 9.59 Å². The lowest BCUT2D eigenvalue weighted by Crippen LogP contribution is -2.55. The fourth-order valence-corrected chi connectivity index (χ4v) is 5.88. The first-order valence-corrected chi connectivity index (χ1v) is 12.6. The fourth-order valence-electron chi connectivity index (χ4n) is 5.88. The van der Waals surface area contributed by atoms with Crippen molar-refractivity contribution in [2.24, 2.45) is 0 Å². The Labute approximate surface area is 202 Å². The number of benzene rings is 1. The maximum atomic E-state index is 13.4. The Bertz CT molecular complexity index is 1050. The van der Waals surface area contributed by atoms with Crippen LogP contribution >= 0.6 is 0 Å². The third kappa shape index (κ3) is 4.06. The van der Waals surface area contributed by atoms with Crippen LogP contribution in [0.25, 0.3) is 0 Å². The summed E-state index contributed by atoms with van der Waals surface area (Å²) in [6.45, 7) is 7.31. The maximum Gasteiger partial charge on any atom is 0.327 e. The molecule has 5 rings (SSSR count). The van der Waals surface area contributed by atoms with E-state index in [1.807, 2.05) is 12.1 Å². The van der Waals surface area contributed by atoms with Crippen molar-refractivity contribution in [1.82, 2.24) is 19.7 Å². The zero-order valence-electron chi connectivity index (χ0n) is 20.4. The SMILES string of the molecule is CCCN1CCCc2cc(CN3CCC4(CC3)C(=O)N(Cc3cccnc3)C(=O)N4C)ccc21. The molecule has 2 saturated heterocycles. The molecule has 0 unspecified atom stereocenters. The van der Waals surface area contributed by atoms with Crippen LogP contribution in [0.15, 0.2) is 42.7 Å². The van der Waals surface area contributed by atoms with Gasteiger partial charge in [-0.25, -0.2) is 4.79 Å². The molecule has 7 nitrogen and oxygen atoms in total. The van der Waals surface area contributed by atoms with Gasteiger partial charge in [0.1, 0.15) is 5.54 Å². The number of imide groups is 1. The van der Waals surface area contributed by atoms with E-state index in [2.05, 4.69) is 39.9 Å². The smallest absolute Gasteiger partial charge is 0.327 e. The molecule has 0 saturated carbocycles. The summed E-state index contributed by atoms with van der Waals surface area (Å²) in [5.41, 5.74) is 4.37. The second kappa shape index (κ2) is 9.37. The van der Waals surface area contributed by atoms with Crippen LogP contribution in [0.2, 0.25) is 0 Å². The third-order valence-electron chi connectivity index (χ3n) is 7.81. The van der Waals surface area contributed by atoms with Crippen molar-refractivity contribution >= 4 is 17.6 Å². The quantitative estimate of drug-likeness (QED) is 0.615. The molecule has 0 bridgehead atoms. The molecular formula is C27H35N5O2. The van der Waals surface area contributed by atoms with E-state index in [-0.39, 0.29) is 18.5 Å². The van der Waals surface area contributed by atoms with Crippen molar-refractivity contribution in [2.75, 3.05) is 38.1 Å². The Hall–Kier alpha value is -2.93. The Morgan fingerprint density at radius 2 is 1.85 bits per heavy atom. The molecule has 1 aromatic heterocycles. The summed E-state index contributed by atoms with van der Waals surface area (Å²) in [5, 5.41) is 0. The predicted octanol–water partition coefficient (Wildman–Crippen LogP) is 3.67. The van der Waals surface area contributed by atoms with Crippen LogP contribution in [-0.2, 0) is 24.3 Å². The van der Waals surface area contributed by atoms with E-state index < -0.39 is 5.54 Å². The molecule has 1 aromatic carbocycles. The van der Waals surface area contributed by atoms with Gasteiger partial charge in [-0.3, -0.25) is 19.6 Å². The number of likely N-dealkylation sites (tertiary alicyclic amines) is 1. The second-order valence-corrected chi connectivity index (χ2v) is 9.96. The Morgan fingerprint density at radius 3 is 2.59 bits per heavy atom. The average Bonchev–Trinajstić information content (AvgIpc) is 3.02. The van der Waals surface area contributed by atoms with Crippen LogP contribution in [0.5, 0.6) is 0 Å². The van der Waals surface area contributed by atoms with Crippen molar-refractivity contribution in [3.05, 3.63) is 59.4 Å². The minimum absolute atomic E-state index is 0.0618. The van der Waals surface area contributed by atoms with Crippen LogP contribution < -0.4 is 4.90 Å².